The predicted octanol–water partition coefficient (Wildman–Crippen LogP) is 3.66. The number of carbonyl (C=O) groups is 1. The number of amides is 2. The molecule has 0 spiro atoms. The summed E-state index contributed by atoms with van der Waals surface area (Å²) < 4.78 is 35.1. The Morgan fingerprint density at radius 2 is 1.94 bits per heavy atom. The van der Waals surface area contributed by atoms with E-state index in [0.717, 1.165) is 23.6 Å². The van der Waals surface area contributed by atoms with Gasteiger partial charge in [0, 0.05) is 24.1 Å². The molecule has 1 atom stereocenters. The second kappa shape index (κ2) is 9.66. The highest BCUT2D eigenvalue weighted by atomic mass is 19.2. The Kier molecular flexibility index (Phi) is 6.25. The monoisotopic (exact) mass is 492 g/mol. The van der Waals surface area contributed by atoms with E-state index in [1.54, 1.807) is 30.5 Å². The molecule has 0 saturated carbocycles. The predicted molar refractivity (Wildman–Crippen MR) is 128 cm³/mol. The molecule has 5 rings (SSSR count). The zero-order valence-corrected chi connectivity index (χ0v) is 19.0. The van der Waals surface area contributed by atoms with E-state index in [1.807, 2.05) is 6.07 Å². The van der Waals surface area contributed by atoms with Gasteiger partial charge in [0.2, 0.25) is 0 Å². The van der Waals surface area contributed by atoms with Gasteiger partial charge < -0.3 is 16.2 Å². The molecule has 1 aliphatic rings. The number of nitrogens with two attached hydrogens (primary N) is 2. The molecule has 1 fully saturated rings. The van der Waals surface area contributed by atoms with Crippen molar-refractivity contribution in [3.8, 4) is 28.2 Å². The summed E-state index contributed by atoms with van der Waals surface area (Å²) >= 11 is 0. The van der Waals surface area contributed by atoms with Crippen LogP contribution >= 0.6 is 0 Å². The fraction of sp³-hybridized carbons (Fsp3) is 0.208. The second-order valence-corrected chi connectivity index (χ2v) is 8.22. The molecule has 0 radical (unpaired) electrons. The van der Waals surface area contributed by atoms with Gasteiger partial charge >= 0.3 is 6.03 Å². The number of aromatic nitrogens is 5. The van der Waals surface area contributed by atoms with Crippen LogP contribution in [-0.4, -0.2) is 44.1 Å². The third-order valence-corrected chi connectivity index (χ3v) is 5.93. The molecule has 1 saturated heterocycles. The molecular weight excluding hydrogens is 470 g/mol. The van der Waals surface area contributed by atoms with Gasteiger partial charge in [0.25, 0.3) is 0 Å². The molecule has 4 aromatic rings. The molecule has 4 N–H and O–H groups in total. The van der Waals surface area contributed by atoms with Crippen LogP contribution in [0.3, 0.4) is 0 Å². The van der Waals surface area contributed by atoms with Gasteiger partial charge in [-0.15, -0.1) is 5.10 Å². The Balaban J connectivity index is 1.55. The molecule has 2 amide bonds. The summed E-state index contributed by atoms with van der Waals surface area (Å²) in [6.45, 7) is 0.556. The van der Waals surface area contributed by atoms with Crippen molar-refractivity contribution in [2.24, 2.45) is 5.73 Å². The van der Waals surface area contributed by atoms with E-state index >= 15 is 0 Å². The third-order valence-electron chi connectivity index (χ3n) is 5.93. The first-order valence-electron chi connectivity index (χ1n) is 11.2. The number of hydrogen-bond acceptors (Lipinski definition) is 7. The fourth-order valence-corrected chi connectivity index (χ4v) is 4.18. The lowest BCUT2D eigenvalue weighted by atomic mass is 10.0. The lowest BCUT2D eigenvalue weighted by Gasteiger charge is -2.33. The van der Waals surface area contributed by atoms with Gasteiger partial charge in [0.05, 0.1) is 5.56 Å². The van der Waals surface area contributed by atoms with Crippen molar-refractivity contribution in [1.29, 1.82) is 0 Å². The van der Waals surface area contributed by atoms with Gasteiger partial charge in [-0.3, -0.25) is 4.90 Å². The van der Waals surface area contributed by atoms with Crippen LogP contribution in [-0.2, 0) is 4.74 Å². The molecule has 36 heavy (non-hydrogen) atoms. The molecule has 10 nitrogen and oxygen atoms in total. The minimum Gasteiger partial charge on any atom is -0.383 e. The van der Waals surface area contributed by atoms with Gasteiger partial charge in [0.1, 0.15) is 17.7 Å². The molecule has 2 aromatic heterocycles. The van der Waals surface area contributed by atoms with Crippen molar-refractivity contribution in [3.63, 3.8) is 0 Å². The third kappa shape index (κ3) is 4.33. The number of primary amides is 1. The zero-order valence-electron chi connectivity index (χ0n) is 19.0. The smallest absolute Gasteiger partial charge is 0.321 e. The maximum absolute atomic E-state index is 14.5. The van der Waals surface area contributed by atoms with Gasteiger partial charge in [-0.05, 0) is 65.6 Å². The maximum Gasteiger partial charge on any atom is 0.321 e. The summed E-state index contributed by atoms with van der Waals surface area (Å²) in [5, 5.41) is 11.4. The van der Waals surface area contributed by atoms with E-state index in [0.29, 0.717) is 35.4 Å². The summed E-state index contributed by atoms with van der Waals surface area (Å²) in [5.41, 5.74) is 13.8. The topological polar surface area (TPSA) is 138 Å². The number of ether oxygens (including phenoxy) is 1. The highest BCUT2D eigenvalue weighted by Crippen LogP contribution is 2.32. The van der Waals surface area contributed by atoms with E-state index in [2.05, 4.69) is 20.5 Å². The number of nitrogen functional groups attached to an aromatic ring is 1. The van der Waals surface area contributed by atoms with Gasteiger partial charge in [0.15, 0.2) is 17.5 Å². The van der Waals surface area contributed by atoms with Crippen LogP contribution in [0.5, 0.6) is 0 Å². The Morgan fingerprint density at radius 3 is 2.72 bits per heavy atom. The summed E-state index contributed by atoms with van der Waals surface area (Å²) in [4.78, 5) is 18.0. The standard InChI is InChI=1S/C24H22F2N8O2/c25-18-7-4-8-19(21(18)26)34-23(30-31-32-34)17-12-15(13-29-22(17)27)14-5-3-6-16(11-14)33(24(28)35)20-9-1-2-10-36-20/h3-8,11-13,20H,1-2,9-10H2,(H2,27,29)(H2,28,35). The second-order valence-electron chi connectivity index (χ2n) is 8.22. The number of tetrazole rings is 1. The normalized spacial score (nSPS) is 15.6. The van der Waals surface area contributed by atoms with Gasteiger partial charge in [-0.2, -0.15) is 4.68 Å². The summed E-state index contributed by atoms with van der Waals surface area (Å²) in [6, 6.07) is 11.9. The SMILES string of the molecule is NC(=O)N(c1cccc(-c2cnc(N)c(-c3nnnn3-c3cccc(F)c3F)c2)c1)C1CCCCO1. The van der Waals surface area contributed by atoms with E-state index in [1.165, 1.54) is 17.0 Å². The molecule has 3 heterocycles. The Bertz CT molecular complexity index is 1420. The van der Waals surface area contributed by atoms with Crippen molar-refractivity contribution in [2.75, 3.05) is 17.2 Å². The molecule has 12 heteroatoms. The zero-order chi connectivity index (χ0) is 25.2. The fourth-order valence-electron chi connectivity index (χ4n) is 4.18. The van der Waals surface area contributed by atoms with Crippen LogP contribution in [0.25, 0.3) is 28.2 Å². The molecule has 2 aromatic carbocycles. The first kappa shape index (κ1) is 23.3. The molecule has 184 valence electrons. The number of anilines is 2. The average molecular weight is 492 g/mol. The lowest BCUT2D eigenvalue weighted by Crippen LogP contribution is -2.46. The highest BCUT2D eigenvalue weighted by Gasteiger charge is 2.26. The van der Waals surface area contributed by atoms with Gasteiger partial charge in [-0.25, -0.2) is 18.6 Å². The van der Waals surface area contributed by atoms with E-state index in [-0.39, 0.29) is 17.3 Å². The number of benzene rings is 2. The van der Waals surface area contributed by atoms with Crippen LogP contribution < -0.4 is 16.4 Å². The van der Waals surface area contributed by atoms with Crippen molar-refractivity contribution in [2.45, 2.75) is 25.5 Å². The highest BCUT2D eigenvalue weighted by molar-refractivity contribution is 5.92. The van der Waals surface area contributed by atoms with E-state index in [4.69, 9.17) is 16.2 Å². The quantitative estimate of drug-likeness (QED) is 0.433. The summed E-state index contributed by atoms with van der Waals surface area (Å²) in [5.74, 6) is -1.96. The average Bonchev–Trinajstić information content (AvgIpc) is 3.36. The van der Waals surface area contributed by atoms with E-state index in [9.17, 15) is 13.6 Å². The van der Waals surface area contributed by atoms with Crippen LogP contribution in [0.1, 0.15) is 19.3 Å². The number of pyridine rings is 1. The minimum atomic E-state index is -1.10. The van der Waals surface area contributed by atoms with Crippen LogP contribution in [0.4, 0.5) is 25.1 Å². The van der Waals surface area contributed by atoms with Crippen LogP contribution in [0.15, 0.2) is 54.7 Å². The molecule has 1 unspecified atom stereocenters. The van der Waals surface area contributed by atoms with E-state index < -0.39 is 23.9 Å². The Hall–Kier alpha value is -4.45. The minimum absolute atomic E-state index is 0.0804. The lowest BCUT2D eigenvalue weighted by molar-refractivity contribution is 0.0195. The number of urea groups is 1. The number of rotatable bonds is 5. The number of nitrogens with zero attached hydrogens (tertiary/aromatic N) is 6. The first-order chi connectivity index (χ1) is 17.4. The Labute approximate surface area is 204 Å². The van der Waals surface area contributed by atoms with Crippen molar-refractivity contribution < 1.29 is 18.3 Å². The summed E-state index contributed by atoms with van der Waals surface area (Å²) in [7, 11) is 0. The Morgan fingerprint density at radius 1 is 1.11 bits per heavy atom. The molecule has 0 bridgehead atoms. The van der Waals surface area contributed by atoms with Crippen molar-refractivity contribution in [1.82, 2.24) is 25.2 Å². The number of hydrogen-bond donors (Lipinski definition) is 2. The van der Waals surface area contributed by atoms with Crippen molar-refractivity contribution in [3.05, 3.63) is 66.4 Å². The van der Waals surface area contributed by atoms with Crippen LogP contribution in [0, 0.1) is 11.6 Å². The van der Waals surface area contributed by atoms with Crippen molar-refractivity contribution >= 4 is 17.5 Å². The largest absolute Gasteiger partial charge is 0.383 e. The van der Waals surface area contributed by atoms with Crippen LogP contribution in [0.2, 0.25) is 0 Å². The molecule has 0 aliphatic carbocycles. The summed E-state index contributed by atoms with van der Waals surface area (Å²) in [6.07, 6.45) is 3.65. The molecular formula is C24H22F2N8O2. The molecule has 1 aliphatic heterocycles. The maximum atomic E-state index is 14.5. The first-order valence-corrected chi connectivity index (χ1v) is 11.2. The number of carbonyl (C=O) groups excluding carboxylic acids is 1. The van der Waals surface area contributed by atoms with Gasteiger partial charge in [-0.1, -0.05) is 18.2 Å². The number of halogens is 2.